The van der Waals surface area contributed by atoms with E-state index >= 15 is 0 Å². The molecule has 1 aromatic carbocycles. The van der Waals surface area contributed by atoms with E-state index in [2.05, 4.69) is 10.6 Å². The third-order valence-electron chi connectivity index (χ3n) is 3.56. The maximum Gasteiger partial charge on any atom is 0.321 e. The first kappa shape index (κ1) is 14.6. The number of thiophene rings is 1. The summed E-state index contributed by atoms with van der Waals surface area (Å²) in [4.78, 5) is 26.5. The lowest BCUT2D eigenvalue weighted by atomic mass is 10.1. The highest BCUT2D eigenvalue weighted by atomic mass is 32.1. The van der Waals surface area contributed by atoms with E-state index in [0.29, 0.717) is 23.7 Å². The summed E-state index contributed by atoms with van der Waals surface area (Å²) in [6.45, 7) is 3.16. The number of urea groups is 1. The van der Waals surface area contributed by atoms with Crippen LogP contribution in [0.2, 0.25) is 0 Å². The van der Waals surface area contributed by atoms with Crippen LogP contribution in [0, 0.1) is 0 Å². The van der Waals surface area contributed by atoms with E-state index in [0.717, 1.165) is 17.7 Å². The van der Waals surface area contributed by atoms with Gasteiger partial charge in [0.2, 0.25) is 0 Å². The Bertz CT molecular complexity index is 697. The van der Waals surface area contributed by atoms with E-state index in [-0.39, 0.29) is 11.9 Å². The number of amides is 3. The quantitative estimate of drug-likeness (QED) is 0.914. The minimum absolute atomic E-state index is 0.0945. The van der Waals surface area contributed by atoms with E-state index < -0.39 is 0 Å². The van der Waals surface area contributed by atoms with Crippen LogP contribution in [0.4, 0.5) is 16.2 Å². The number of hydrogen-bond donors (Lipinski definition) is 2. The standard InChI is InChI=1S/C16H17N3O2S/c1-2-17-16(21)19-8-7-11-5-6-12(10-13(11)19)18-15(20)14-4-3-9-22-14/h3-6,9-10H,2,7-8H2,1H3,(H,17,21)(H,18,20). The Balaban J connectivity index is 1.80. The second-order valence-corrected chi connectivity index (χ2v) is 5.96. The molecule has 0 unspecified atom stereocenters. The predicted octanol–water partition coefficient (Wildman–Crippen LogP) is 3.09. The van der Waals surface area contributed by atoms with Crippen molar-refractivity contribution < 1.29 is 9.59 Å². The zero-order chi connectivity index (χ0) is 15.5. The number of rotatable bonds is 3. The molecule has 0 saturated heterocycles. The summed E-state index contributed by atoms with van der Waals surface area (Å²) < 4.78 is 0. The third kappa shape index (κ3) is 2.82. The zero-order valence-electron chi connectivity index (χ0n) is 12.3. The minimum Gasteiger partial charge on any atom is -0.338 e. The van der Waals surface area contributed by atoms with Crippen LogP contribution < -0.4 is 15.5 Å². The van der Waals surface area contributed by atoms with Crippen molar-refractivity contribution in [3.8, 4) is 0 Å². The summed E-state index contributed by atoms with van der Waals surface area (Å²) in [6.07, 6.45) is 0.839. The summed E-state index contributed by atoms with van der Waals surface area (Å²) in [5.74, 6) is -0.127. The van der Waals surface area contributed by atoms with Crippen LogP contribution in [-0.4, -0.2) is 25.0 Å². The number of nitrogens with one attached hydrogen (secondary N) is 2. The Labute approximate surface area is 132 Å². The smallest absolute Gasteiger partial charge is 0.321 e. The van der Waals surface area contributed by atoms with Crippen molar-refractivity contribution in [2.75, 3.05) is 23.3 Å². The lowest BCUT2D eigenvalue weighted by molar-refractivity contribution is 0.103. The van der Waals surface area contributed by atoms with Crippen molar-refractivity contribution in [1.82, 2.24) is 5.32 Å². The number of hydrogen-bond acceptors (Lipinski definition) is 3. The number of carbonyl (C=O) groups excluding carboxylic acids is 2. The van der Waals surface area contributed by atoms with Gasteiger partial charge in [0.1, 0.15) is 0 Å². The first-order chi connectivity index (χ1) is 10.7. The van der Waals surface area contributed by atoms with Gasteiger partial charge in [-0.2, -0.15) is 0 Å². The van der Waals surface area contributed by atoms with Gasteiger partial charge in [-0.1, -0.05) is 12.1 Å². The molecule has 0 radical (unpaired) electrons. The summed E-state index contributed by atoms with van der Waals surface area (Å²) in [5, 5.41) is 7.56. The molecule has 0 fully saturated rings. The van der Waals surface area contributed by atoms with Crippen LogP contribution >= 0.6 is 11.3 Å². The fourth-order valence-electron chi connectivity index (χ4n) is 2.52. The Morgan fingerprint density at radius 3 is 2.91 bits per heavy atom. The minimum atomic E-state index is -0.127. The Morgan fingerprint density at radius 1 is 1.32 bits per heavy atom. The van der Waals surface area contributed by atoms with Gasteiger partial charge < -0.3 is 10.6 Å². The largest absolute Gasteiger partial charge is 0.338 e. The van der Waals surface area contributed by atoms with Crippen LogP contribution in [0.5, 0.6) is 0 Å². The van der Waals surface area contributed by atoms with Gasteiger partial charge in [-0.25, -0.2) is 4.79 Å². The fraction of sp³-hybridized carbons (Fsp3) is 0.250. The van der Waals surface area contributed by atoms with Gasteiger partial charge in [0.25, 0.3) is 5.91 Å². The van der Waals surface area contributed by atoms with Crippen molar-refractivity contribution >= 4 is 34.6 Å². The van der Waals surface area contributed by atoms with Crippen LogP contribution in [0.1, 0.15) is 22.2 Å². The van der Waals surface area contributed by atoms with Crippen molar-refractivity contribution in [2.24, 2.45) is 0 Å². The number of carbonyl (C=O) groups is 2. The average molecular weight is 315 g/mol. The number of benzene rings is 1. The third-order valence-corrected chi connectivity index (χ3v) is 4.43. The Hall–Kier alpha value is -2.34. The Morgan fingerprint density at radius 2 is 2.18 bits per heavy atom. The van der Waals surface area contributed by atoms with Gasteiger partial charge in [0.15, 0.2) is 0 Å². The second kappa shape index (κ2) is 6.19. The molecule has 2 N–H and O–H groups in total. The van der Waals surface area contributed by atoms with Crippen molar-refractivity contribution in [2.45, 2.75) is 13.3 Å². The van der Waals surface area contributed by atoms with Crippen LogP contribution in [0.25, 0.3) is 0 Å². The summed E-state index contributed by atoms with van der Waals surface area (Å²) >= 11 is 1.40. The normalized spacial score (nSPS) is 12.9. The molecule has 0 spiro atoms. The Kier molecular flexibility index (Phi) is 4.11. The first-order valence-electron chi connectivity index (χ1n) is 7.22. The maximum atomic E-state index is 12.1. The fourth-order valence-corrected chi connectivity index (χ4v) is 3.13. The molecule has 2 aromatic rings. The molecule has 114 valence electrons. The van der Waals surface area contributed by atoms with Gasteiger partial charge in [-0.05, 0) is 42.5 Å². The monoisotopic (exact) mass is 315 g/mol. The molecule has 1 aromatic heterocycles. The average Bonchev–Trinajstić information content (AvgIpc) is 3.17. The molecular weight excluding hydrogens is 298 g/mol. The van der Waals surface area contributed by atoms with E-state index in [1.807, 2.05) is 36.6 Å². The number of nitrogens with zero attached hydrogens (tertiary/aromatic N) is 1. The lowest BCUT2D eigenvalue weighted by Crippen LogP contribution is -2.38. The molecule has 3 rings (SSSR count). The molecule has 1 aliphatic rings. The zero-order valence-corrected chi connectivity index (χ0v) is 13.1. The van der Waals surface area contributed by atoms with E-state index in [9.17, 15) is 9.59 Å². The molecule has 6 heteroatoms. The molecule has 0 atom stereocenters. The lowest BCUT2D eigenvalue weighted by Gasteiger charge is -2.18. The highest BCUT2D eigenvalue weighted by Crippen LogP contribution is 2.31. The number of anilines is 2. The SMILES string of the molecule is CCNC(=O)N1CCc2ccc(NC(=O)c3cccs3)cc21. The van der Waals surface area contributed by atoms with Gasteiger partial charge in [-0.3, -0.25) is 9.69 Å². The summed E-state index contributed by atoms with van der Waals surface area (Å²) in [7, 11) is 0. The van der Waals surface area contributed by atoms with E-state index in [4.69, 9.17) is 0 Å². The predicted molar refractivity (Wildman–Crippen MR) is 88.8 cm³/mol. The van der Waals surface area contributed by atoms with Crippen LogP contribution in [-0.2, 0) is 6.42 Å². The van der Waals surface area contributed by atoms with Gasteiger partial charge in [0, 0.05) is 18.8 Å². The first-order valence-corrected chi connectivity index (χ1v) is 8.10. The highest BCUT2D eigenvalue weighted by Gasteiger charge is 2.24. The van der Waals surface area contributed by atoms with Gasteiger partial charge in [-0.15, -0.1) is 11.3 Å². The molecular formula is C16H17N3O2S. The molecule has 22 heavy (non-hydrogen) atoms. The molecule has 5 nitrogen and oxygen atoms in total. The number of fused-ring (bicyclic) bond motifs is 1. The molecule has 0 saturated carbocycles. The van der Waals surface area contributed by atoms with Crippen molar-refractivity contribution in [3.05, 3.63) is 46.2 Å². The topological polar surface area (TPSA) is 61.4 Å². The summed E-state index contributed by atoms with van der Waals surface area (Å²) in [5.41, 5.74) is 2.70. The molecule has 1 aliphatic heterocycles. The van der Waals surface area contributed by atoms with Gasteiger partial charge >= 0.3 is 6.03 Å². The van der Waals surface area contributed by atoms with E-state index in [1.54, 1.807) is 11.0 Å². The second-order valence-electron chi connectivity index (χ2n) is 5.01. The maximum absolute atomic E-state index is 12.1. The van der Waals surface area contributed by atoms with Crippen LogP contribution in [0.15, 0.2) is 35.7 Å². The molecule has 0 bridgehead atoms. The highest BCUT2D eigenvalue weighted by molar-refractivity contribution is 7.12. The molecule has 2 heterocycles. The summed E-state index contributed by atoms with van der Waals surface area (Å²) in [6, 6.07) is 9.25. The molecule has 3 amide bonds. The van der Waals surface area contributed by atoms with Crippen LogP contribution in [0.3, 0.4) is 0 Å². The van der Waals surface area contributed by atoms with Crippen molar-refractivity contribution in [3.63, 3.8) is 0 Å². The molecule has 0 aliphatic carbocycles. The van der Waals surface area contributed by atoms with E-state index in [1.165, 1.54) is 11.3 Å². The van der Waals surface area contributed by atoms with Gasteiger partial charge in [0.05, 0.1) is 10.6 Å². The van der Waals surface area contributed by atoms with Crippen molar-refractivity contribution in [1.29, 1.82) is 0 Å².